The van der Waals surface area contributed by atoms with Crippen molar-refractivity contribution in [3.63, 3.8) is 0 Å². The number of aromatic nitrogens is 2. The first kappa shape index (κ1) is 10.7. The maximum absolute atomic E-state index is 5.10. The van der Waals surface area contributed by atoms with Gasteiger partial charge in [0, 0.05) is 13.7 Å². The highest BCUT2D eigenvalue weighted by Gasteiger charge is 2.08. The Labute approximate surface area is 87.2 Å². The summed E-state index contributed by atoms with van der Waals surface area (Å²) < 4.78 is 8.11. The van der Waals surface area contributed by atoms with Crippen LogP contribution in [0.5, 0.6) is 0 Å². The summed E-state index contributed by atoms with van der Waals surface area (Å²) in [5, 5.41) is 4.26. The van der Waals surface area contributed by atoms with Crippen molar-refractivity contribution in [3.8, 4) is 0 Å². The number of ether oxygens (including phenoxy) is 1. The number of hydrogen-bond acceptors (Lipinski definition) is 2. The predicted octanol–water partition coefficient (Wildman–Crippen LogP) is 2.45. The van der Waals surface area contributed by atoms with Gasteiger partial charge in [-0.15, -0.1) is 0 Å². The molecule has 0 aromatic carbocycles. The van der Waals surface area contributed by atoms with E-state index >= 15 is 0 Å². The molecule has 0 amide bonds. The van der Waals surface area contributed by atoms with Gasteiger partial charge in [-0.1, -0.05) is 13.8 Å². The van der Waals surface area contributed by atoms with Crippen molar-refractivity contribution < 1.29 is 4.74 Å². The van der Waals surface area contributed by atoms with Crippen LogP contribution in [0.4, 0.5) is 0 Å². The van der Waals surface area contributed by atoms with Gasteiger partial charge in [0.25, 0.3) is 0 Å². The second-order valence-electron chi connectivity index (χ2n) is 3.45. The van der Waals surface area contributed by atoms with Crippen molar-refractivity contribution in [3.05, 3.63) is 16.4 Å². The number of nitrogens with zero attached hydrogens (tertiary/aromatic N) is 2. The lowest BCUT2D eigenvalue weighted by Gasteiger charge is -2.09. The Morgan fingerprint density at radius 2 is 2.31 bits per heavy atom. The average Bonchev–Trinajstić information content (AvgIpc) is 2.35. The Hall–Kier alpha value is -0.350. The monoisotopic (exact) mass is 246 g/mol. The van der Waals surface area contributed by atoms with Crippen molar-refractivity contribution in [1.82, 2.24) is 9.78 Å². The van der Waals surface area contributed by atoms with Gasteiger partial charge in [0.2, 0.25) is 0 Å². The largest absolute Gasteiger partial charge is 0.378 e. The van der Waals surface area contributed by atoms with Gasteiger partial charge in [-0.25, -0.2) is 0 Å². The van der Waals surface area contributed by atoms with Crippen molar-refractivity contribution in [2.45, 2.75) is 27.0 Å². The number of hydrogen-bond donors (Lipinski definition) is 0. The molecule has 0 radical (unpaired) electrons. The summed E-state index contributed by atoms with van der Waals surface area (Å²) in [5.74, 6) is 0.599. The number of halogens is 1. The molecule has 0 aliphatic heterocycles. The molecule has 0 bridgehead atoms. The van der Waals surface area contributed by atoms with Crippen LogP contribution in [0.15, 0.2) is 10.7 Å². The molecule has 1 rings (SSSR count). The fraction of sp³-hybridized carbons (Fsp3) is 0.667. The molecule has 1 aromatic rings. The zero-order chi connectivity index (χ0) is 9.84. The van der Waals surface area contributed by atoms with E-state index in [4.69, 9.17) is 4.74 Å². The van der Waals surface area contributed by atoms with Crippen LogP contribution in [0.3, 0.4) is 0 Å². The van der Waals surface area contributed by atoms with Gasteiger partial charge in [-0.3, -0.25) is 4.68 Å². The van der Waals surface area contributed by atoms with Crippen LogP contribution in [0, 0.1) is 5.92 Å². The first-order valence-electron chi connectivity index (χ1n) is 4.34. The Kier molecular flexibility index (Phi) is 3.93. The fourth-order valence-corrected chi connectivity index (χ4v) is 1.58. The second kappa shape index (κ2) is 4.77. The normalized spacial score (nSPS) is 11.2. The summed E-state index contributed by atoms with van der Waals surface area (Å²) in [6.07, 6.45) is 1.82. The lowest BCUT2D eigenvalue weighted by Crippen LogP contribution is -2.10. The summed E-state index contributed by atoms with van der Waals surface area (Å²) in [7, 11) is 1.69. The molecule has 0 N–H and O–H groups in total. The van der Waals surface area contributed by atoms with Crippen LogP contribution in [0.1, 0.15) is 19.5 Å². The smallest absolute Gasteiger partial charge is 0.0892 e. The molecule has 74 valence electrons. The second-order valence-corrected chi connectivity index (χ2v) is 4.30. The highest BCUT2D eigenvalue weighted by molar-refractivity contribution is 9.10. The van der Waals surface area contributed by atoms with Gasteiger partial charge in [0.15, 0.2) is 0 Å². The molecule has 1 aromatic heterocycles. The van der Waals surface area contributed by atoms with E-state index in [0.717, 1.165) is 16.7 Å². The minimum absolute atomic E-state index is 0.599. The first-order chi connectivity index (χ1) is 6.15. The zero-order valence-corrected chi connectivity index (χ0v) is 9.84. The summed E-state index contributed by atoms with van der Waals surface area (Å²) in [5.41, 5.74) is 1.11. The Morgan fingerprint density at radius 1 is 1.62 bits per heavy atom. The molecule has 0 atom stereocenters. The van der Waals surface area contributed by atoms with E-state index in [9.17, 15) is 0 Å². The van der Waals surface area contributed by atoms with E-state index in [-0.39, 0.29) is 0 Å². The van der Waals surface area contributed by atoms with Crippen LogP contribution in [-0.2, 0) is 17.9 Å². The van der Waals surface area contributed by atoms with E-state index in [1.165, 1.54) is 0 Å². The highest BCUT2D eigenvalue weighted by Crippen LogP contribution is 2.17. The third-order valence-corrected chi connectivity index (χ3v) is 2.38. The molecule has 4 heteroatoms. The molecular weight excluding hydrogens is 232 g/mol. The quantitative estimate of drug-likeness (QED) is 0.817. The summed E-state index contributed by atoms with van der Waals surface area (Å²) in [6.45, 7) is 5.88. The standard InChI is InChI=1S/C9H15BrN2O/c1-7(2)5-12-9(6-13-3)8(10)4-11-12/h4,7H,5-6H2,1-3H3. The molecule has 0 spiro atoms. The third kappa shape index (κ3) is 2.81. The third-order valence-electron chi connectivity index (χ3n) is 1.72. The van der Waals surface area contributed by atoms with E-state index < -0.39 is 0 Å². The Bertz CT molecular complexity index is 271. The molecule has 3 nitrogen and oxygen atoms in total. The predicted molar refractivity (Wildman–Crippen MR) is 55.5 cm³/mol. The van der Waals surface area contributed by atoms with Gasteiger partial charge in [0.05, 0.1) is 23.0 Å². The Morgan fingerprint density at radius 3 is 2.85 bits per heavy atom. The van der Waals surface area contributed by atoms with Gasteiger partial charge in [0.1, 0.15) is 0 Å². The molecule has 0 saturated carbocycles. The molecule has 0 aliphatic carbocycles. The maximum atomic E-state index is 5.10. The lowest BCUT2D eigenvalue weighted by molar-refractivity contribution is 0.175. The molecule has 0 fully saturated rings. The molecule has 0 saturated heterocycles. The zero-order valence-electron chi connectivity index (χ0n) is 8.25. The van der Waals surface area contributed by atoms with E-state index in [1.807, 2.05) is 10.9 Å². The summed E-state index contributed by atoms with van der Waals surface area (Å²) >= 11 is 3.44. The van der Waals surface area contributed by atoms with Gasteiger partial charge in [-0.2, -0.15) is 5.10 Å². The maximum Gasteiger partial charge on any atom is 0.0892 e. The van der Waals surface area contributed by atoms with Gasteiger partial charge in [-0.05, 0) is 21.8 Å². The summed E-state index contributed by atoms with van der Waals surface area (Å²) in [6, 6.07) is 0. The topological polar surface area (TPSA) is 27.1 Å². The summed E-state index contributed by atoms with van der Waals surface area (Å²) in [4.78, 5) is 0. The number of rotatable bonds is 4. The minimum Gasteiger partial charge on any atom is -0.378 e. The van der Waals surface area contributed by atoms with Gasteiger partial charge >= 0.3 is 0 Å². The fourth-order valence-electron chi connectivity index (χ4n) is 1.17. The van der Waals surface area contributed by atoms with E-state index in [2.05, 4.69) is 34.9 Å². The van der Waals surface area contributed by atoms with E-state index in [0.29, 0.717) is 12.5 Å². The van der Waals surface area contributed by atoms with Crippen molar-refractivity contribution >= 4 is 15.9 Å². The van der Waals surface area contributed by atoms with Crippen LogP contribution in [0.25, 0.3) is 0 Å². The Balaban J connectivity index is 2.80. The van der Waals surface area contributed by atoms with Crippen LogP contribution < -0.4 is 0 Å². The van der Waals surface area contributed by atoms with Crippen molar-refractivity contribution in [2.24, 2.45) is 5.92 Å². The van der Waals surface area contributed by atoms with Crippen molar-refractivity contribution in [1.29, 1.82) is 0 Å². The van der Waals surface area contributed by atoms with Gasteiger partial charge < -0.3 is 4.74 Å². The SMILES string of the molecule is COCc1c(Br)cnn1CC(C)C. The van der Waals surface area contributed by atoms with Crippen LogP contribution in [0.2, 0.25) is 0 Å². The molecule has 1 heterocycles. The van der Waals surface area contributed by atoms with Crippen LogP contribution >= 0.6 is 15.9 Å². The van der Waals surface area contributed by atoms with Crippen molar-refractivity contribution in [2.75, 3.05) is 7.11 Å². The molecule has 0 unspecified atom stereocenters. The molecule has 0 aliphatic rings. The van der Waals surface area contributed by atoms with Crippen LogP contribution in [-0.4, -0.2) is 16.9 Å². The molecular formula is C9H15BrN2O. The highest BCUT2D eigenvalue weighted by atomic mass is 79.9. The lowest BCUT2D eigenvalue weighted by atomic mass is 10.2. The van der Waals surface area contributed by atoms with E-state index in [1.54, 1.807) is 7.11 Å². The minimum atomic E-state index is 0.599. The number of methoxy groups -OCH3 is 1. The average molecular weight is 247 g/mol. The first-order valence-corrected chi connectivity index (χ1v) is 5.13. The molecule has 13 heavy (non-hydrogen) atoms.